The van der Waals surface area contributed by atoms with Crippen molar-refractivity contribution in [2.24, 2.45) is 13.0 Å². The van der Waals surface area contributed by atoms with Gasteiger partial charge in [-0.1, -0.05) is 16.8 Å². The molecule has 0 saturated carbocycles. The van der Waals surface area contributed by atoms with Gasteiger partial charge in [-0.05, 0) is 19.8 Å². The van der Waals surface area contributed by atoms with Crippen LogP contribution in [0.4, 0.5) is 0 Å². The summed E-state index contributed by atoms with van der Waals surface area (Å²) in [5, 5.41) is 9.22. The van der Waals surface area contributed by atoms with Crippen molar-refractivity contribution in [2.45, 2.75) is 32.4 Å². The highest BCUT2D eigenvalue weighted by molar-refractivity contribution is 6.30. The summed E-state index contributed by atoms with van der Waals surface area (Å²) in [5.74, 6) is 1.09. The molecule has 2 aromatic rings. The van der Waals surface area contributed by atoms with Gasteiger partial charge < -0.3 is 9.42 Å². The van der Waals surface area contributed by atoms with E-state index in [0.29, 0.717) is 17.4 Å². The van der Waals surface area contributed by atoms with Crippen LogP contribution in [0.1, 0.15) is 24.2 Å². The van der Waals surface area contributed by atoms with Gasteiger partial charge in [0, 0.05) is 51.4 Å². The van der Waals surface area contributed by atoms with Crippen LogP contribution in [0.5, 0.6) is 0 Å². The van der Waals surface area contributed by atoms with Crippen LogP contribution in [0.3, 0.4) is 0 Å². The van der Waals surface area contributed by atoms with Gasteiger partial charge in [-0.25, -0.2) is 0 Å². The summed E-state index contributed by atoms with van der Waals surface area (Å²) in [6, 6.07) is 2.14. The van der Waals surface area contributed by atoms with Gasteiger partial charge in [0.25, 0.3) is 0 Å². The molecule has 25 heavy (non-hydrogen) atoms. The molecule has 3 saturated heterocycles. The first kappa shape index (κ1) is 16.6. The highest BCUT2D eigenvalue weighted by Gasteiger charge is 2.39. The maximum absolute atomic E-state index is 12.4. The molecule has 0 aromatic carbocycles. The second kappa shape index (κ2) is 6.14. The van der Waals surface area contributed by atoms with Gasteiger partial charge in [0.2, 0.25) is 5.91 Å². The summed E-state index contributed by atoms with van der Waals surface area (Å²) < 4.78 is 6.86. The topological polar surface area (TPSA) is 67.4 Å². The maximum atomic E-state index is 12.4. The summed E-state index contributed by atoms with van der Waals surface area (Å²) in [6.45, 7) is 4.14. The molecule has 7 nitrogen and oxygen atoms in total. The van der Waals surface area contributed by atoms with Crippen molar-refractivity contribution in [3.63, 3.8) is 0 Å². The van der Waals surface area contributed by atoms with E-state index < -0.39 is 0 Å². The van der Waals surface area contributed by atoms with Crippen LogP contribution in [-0.2, 0) is 18.4 Å². The third-order valence-corrected chi connectivity index (χ3v) is 5.83. The molecule has 8 heteroatoms. The Hall–Kier alpha value is -1.86. The first-order valence-corrected chi connectivity index (χ1v) is 8.96. The summed E-state index contributed by atoms with van der Waals surface area (Å²) in [5.41, 5.74) is 2.38. The monoisotopic (exact) mass is 363 g/mol. The number of halogens is 1. The normalized spacial score (nSPS) is 24.2. The van der Waals surface area contributed by atoms with Crippen molar-refractivity contribution >= 4 is 17.5 Å². The Morgan fingerprint density at radius 3 is 2.84 bits per heavy atom. The zero-order chi connectivity index (χ0) is 17.7. The molecule has 0 radical (unpaired) electrons. The van der Waals surface area contributed by atoms with Crippen molar-refractivity contribution in [1.29, 1.82) is 0 Å². The average molecular weight is 364 g/mol. The zero-order valence-electron chi connectivity index (χ0n) is 14.7. The Morgan fingerprint density at radius 2 is 2.12 bits per heavy atom. The standard InChI is InChI=1S/C17H22ClN5O2/c1-10-6-14(20-25-10)15-13(16(18)22(3)19-15)9-23-7-11-4-5-12(8-23)21(2)17(11)24/h6,11-12H,4-5,7-9H2,1-3H3. The Labute approximate surface area is 151 Å². The third kappa shape index (κ3) is 2.85. The summed E-state index contributed by atoms with van der Waals surface area (Å²) in [7, 11) is 3.75. The van der Waals surface area contributed by atoms with Gasteiger partial charge in [-0.15, -0.1) is 0 Å². The molecular formula is C17H22ClN5O2. The highest BCUT2D eigenvalue weighted by atomic mass is 35.5. The fraction of sp³-hybridized carbons (Fsp3) is 0.588. The molecule has 0 spiro atoms. The Balaban J connectivity index is 1.64. The molecule has 3 aliphatic heterocycles. The fourth-order valence-corrected chi connectivity index (χ4v) is 4.16. The molecule has 5 heterocycles. The molecule has 2 atom stereocenters. The zero-order valence-corrected chi connectivity index (χ0v) is 15.5. The lowest BCUT2D eigenvalue weighted by atomic mass is 9.95. The van der Waals surface area contributed by atoms with Gasteiger partial charge in [-0.3, -0.25) is 14.4 Å². The van der Waals surface area contributed by atoms with E-state index >= 15 is 0 Å². The SMILES string of the molecule is Cc1cc(-c2nn(C)c(Cl)c2CN2CC3CCC(C2)N(C)C3=O)no1. The Kier molecular flexibility index (Phi) is 4.08. The van der Waals surface area contributed by atoms with Crippen LogP contribution in [0.15, 0.2) is 10.6 Å². The fourth-order valence-electron chi connectivity index (χ4n) is 3.97. The van der Waals surface area contributed by atoms with Crippen molar-refractivity contribution in [3.05, 3.63) is 22.5 Å². The van der Waals surface area contributed by atoms with Crippen molar-refractivity contribution < 1.29 is 9.32 Å². The van der Waals surface area contributed by atoms with Gasteiger partial charge in [0.15, 0.2) is 0 Å². The molecule has 2 unspecified atom stereocenters. The number of carbonyl (C=O) groups excluding carboxylic acids is 1. The Morgan fingerprint density at radius 1 is 1.32 bits per heavy atom. The average Bonchev–Trinajstić information content (AvgIpc) is 3.00. The third-order valence-electron chi connectivity index (χ3n) is 5.36. The molecule has 2 aromatic heterocycles. The predicted octanol–water partition coefficient (Wildman–Crippen LogP) is 2.09. The molecular weight excluding hydrogens is 342 g/mol. The highest BCUT2D eigenvalue weighted by Crippen LogP contribution is 2.33. The van der Waals surface area contributed by atoms with Crippen LogP contribution in [-0.4, -0.2) is 56.8 Å². The lowest BCUT2D eigenvalue weighted by molar-refractivity contribution is -0.138. The van der Waals surface area contributed by atoms with Crippen molar-refractivity contribution in [1.82, 2.24) is 24.7 Å². The van der Waals surface area contributed by atoms with E-state index in [0.717, 1.165) is 42.9 Å². The van der Waals surface area contributed by atoms with E-state index in [1.807, 2.05) is 32.0 Å². The van der Waals surface area contributed by atoms with Gasteiger partial charge in [0.1, 0.15) is 22.3 Å². The molecule has 2 bridgehead atoms. The number of hydrogen-bond donors (Lipinski definition) is 0. The molecule has 3 fully saturated rings. The van der Waals surface area contributed by atoms with Crippen LogP contribution in [0.2, 0.25) is 5.15 Å². The maximum Gasteiger partial charge on any atom is 0.227 e. The van der Waals surface area contributed by atoms with Gasteiger partial charge >= 0.3 is 0 Å². The van der Waals surface area contributed by atoms with E-state index in [1.54, 1.807) is 4.68 Å². The molecule has 0 aliphatic carbocycles. The number of amides is 1. The molecule has 0 N–H and O–H groups in total. The van der Waals surface area contributed by atoms with Crippen LogP contribution < -0.4 is 0 Å². The Bertz CT molecular complexity index is 814. The number of hydrogen-bond acceptors (Lipinski definition) is 5. The van der Waals surface area contributed by atoms with Crippen LogP contribution >= 0.6 is 11.6 Å². The van der Waals surface area contributed by atoms with E-state index in [-0.39, 0.29) is 17.9 Å². The second-order valence-corrected chi connectivity index (χ2v) is 7.49. The van der Waals surface area contributed by atoms with Crippen LogP contribution in [0.25, 0.3) is 11.4 Å². The molecule has 5 rings (SSSR count). The number of carbonyl (C=O) groups is 1. The van der Waals surface area contributed by atoms with Gasteiger partial charge in [-0.2, -0.15) is 5.10 Å². The van der Waals surface area contributed by atoms with E-state index in [2.05, 4.69) is 15.2 Å². The van der Waals surface area contributed by atoms with Crippen molar-refractivity contribution in [2.75, 3.05) is 20.1 Å². The number of likely N-dealkylation sites (N-methyl/N-ethyl adjacent to an activating group) is 1. The molecule has 134 valence electrons. The minimum Gasteiger partial charge on any atom is -0.361 e. The minimum atomic E-state index is 0.0805. The lowest BCUT2D eigenvalue weighted by Crippen LogP contribution is -2.45. The number of aryl methyl sites for hydroxylation is 2. The van der Waals surface area contributed by atoms with E-state index in [9.17, 15) is 4.79 Å². The van der Waals surface area contributed by atoms with Crippen LogP contribution in [0, 0.1) is 12.8 Å². The first-order chi connectivity index (χ1) is 11.9. The second-order valence-electron chi connectivity index (χ2n) is 7.14. The molecule has 1 amide bonds. The quantitative estimate of drug-likeness (QED) is 0.835. The largest absolute Gasteiger partial charge is 0.361 e. The number of fused-ring (bicyclic) bond motifs is 4. The summed E-state index contributed by atoms with van der Waals surface area (Å²) >= 11 is 6.51. The molecule has 3 aliphatic rings. The minimum absolute atomic E-state index is 0.0805. The van der Waals surface area contributed by atoms with Crippen molar-refractivity contribution in [3.8, 4) is 11.4 Å². The summed E-state index contributed by atoms with van der Waals surface area (Å²) in [6.07, 6.45) is 2.04. The number of rotatable bonds is 3. The number of nitrogens with zero attached hydrogens (tertiary/aromatic N) is 5. The van der Waals surface area contributed by atoms with E-state index in [4.69, 9.17) is 16.1 Å². The first-order valence-electron chi connectivity index (χ1n) is 8.58. The van der Waals surface area contributed by atoms with E-state index in [1.165, 1.54) is 0 Å². The lowest BCUT2D eigenvalue weighted by Gasteiger charge is -2.32. The summed E-state index contributed by atoms with van der Waals surface area (Å²) in [4.78, 5) is 16.6. The number of piperidine rings is 1. The predicted molar refractivity (Wildman–Crippen MR) is 93.0 cm³/mol. The smallest absolute Gasteiger partial charge is 0.227 e. The van der Waals surface area contributed by atoms with Gasteiger partial charge in [0.05, 0.1) is 5.92 Å². The number of aromatic nitrogens is 3.